The second-order valence-electron chi connectivity index (χ2n) is 20.2. The average Bonchev–Trinajstić information content (AvgIpc) is 3.36. The first-order chi connectivity index (χ1) is 25.4. The highest BCUT2D eigenvalue weighted by atomic mass is 14.9. The Balaban J connectivity index is 0.000000184. The van der Waals surface area contributed by atoms with E-state index in [1.807, 2.05) is 0 Å². The fourth-order valence-electron chi connectivity index (χ4n) is 9.03. The van der Waals surface area contributed by atoms with Crippen molar-refractivity contribution in [2.75, 3.05) is 0 Å². The normalized spacial score (nSPS) is 25.6. The van der Waals surface area contributed by atoms with Gasteiger partial charge in [-0.2, -0.15) is 0 Å². The van der Waals surface area contributed by atoms with Gasteiger partial charge in [0.1, 0.15) is 17.5 Å². The van der Waals surface area contributed by atoms with E-state index in [1.165, 1.54) is 51.6 Å². The molecule has 0 saturated heterocycles. The molecule has 6 rings (SSSR count). The van der Waals surface area contributed by atoms with Gasteiger partial charge in [0.2, 0.25) is 0 Å². The van der Waals surface area contributed by atoms with Crippen molar-refractivity contribution in [2.24, 2.45) is 29.6 Å². The van der Waals surface area contributed by atoms with Crippen LogP contribution in [-0.2, 0) is 29.1 Å². The molecule has 5 atom stereocenters. The van der Waals surface area contributed by atoms with Gasteiger partial charge in [-0.05, 0) is 87.2 Å². The molecule has 3 aromatic rings. The van der Waals surface area contributed by atoms with Gasteiger partial charge in [0.15, 0.2) is 0 Å². The van der Waals surface area contributed by atoms with E-state index in [0.29, 0.717) is 41.4 Å². The molecule has 3 aliphatic rings. The minimum atomic E-state index is 0.140. The summed E-state index contributed by atoms with van der Waals surface area (Å²) in [5.74, 6) is 7.38. The first kappa shape index (κ1) is 44.7. The summed E-state index contributed by atoms with van der Waals surface area (Å²) in [5.41, 5.74) is 12.0. The zero-order valence-electron chi connectivity index (χ0n) is 38.8. The number of hydrogen-bond donors (Lipinski definition) is 0. The molecule has 3 heterocycles. The van der Waals surface area contributed by atoms with Gasteiger partial charge < -0.3 is 0 Å². The van der Waals surface area contributed by atoms with Gasteiger partial charge in [-0.3, -0.25) is 0 Å². The van der Waals surface area contributed by atoms with Crippen LogP contribution in [0, 0.1) is 50.4 Å². The highest BCUT2D eigenvalue weighted by molar-refractivity contribution is 5.59. The lowest BCUT2D eigenvalue weighted by Gasteiger charge is -2.41. The van der Waals surface area contributed by atoms with Crippen molar-refractivity contribution in [3.8, 4) is 0 Å². The number of fused-ring (bicyclic) bond motifs is 3. The van der Waals surface area contributed by atoms with Crippen molar-refractivity contribution < 1.29 is 0 Å². The predicted octanol–water partition coefficient (Wildman–Crippen LogP) is 12.7. The number of hydrogen-bond acceptors (Lipinski definition) is 6. The molecule has 0 radical (unpaired) electrons. The van der Waals surface area contributed by atoms with E-state index in [9.17, 15) is 0 Å². The van der Waals surface area contributed by atoms with Gasteiger partial charge >= 0.3 is 0 Å². The Morgan fingerprint density at radius 1 is 0.527 bits per heavy atom. The summed E-state index contributed by atoms with van der Waals surface area (Å²) < 4.78 is 0. The maximum Gasteiger partial charge on any atom is 0.131 e. The molecule has 0 fully saturated rings. The minimum absolute atomic E-state index is 0.140. The van der Waals surface area contributed by atoms with Crippen LogP contribution in [0.4, 0.5) is 0 Å². The van der Waals surface area contributed by atoms with Crippen LogP contribution in [0.1, 0.15) is 217 Å². The summed E-state index contributed by atoms with van der Waals surface area (Å²) in [5, 5.41) is 0. The number of aromatic nitrogens is 6. The van der Waals surface area contributed by atoms with Crippen LogP contribution < -0.4 is 0 Å². The first-order valence-corrected chi connectivity index (χ1v) is 21.7. The van der Waals surface area contributed by atoms with Crippen molar-refractivity contribution in [3.63, 3.8) is 0 Å². The third kappa shape index (κ3) is 8.64. The molecule has 0 saturated carbocycles. The number of rotatable bonds is 6. The minimum Gasteiger partial charge on any atom is -0.238 e. The molecule has 0 aromatic carbocycles. The maximum absolute atomic E-state index is 4.97. The van der Waals surface area contributed by atoms with Crippen molar-refractivity contribution in [3.05, 3.63) is 74.4 Å². The molecule has 0 spiro atoms. The fourth-order valence-corrected chi connectivity index (χ4v) is 9.03. The molecular weight excluding hydrogens is 673 g/mol. The quantitative estimate of drug-likeness (QED) is 0.250. The van der Waals surface area contributed by atoms with E-state index in [-0.39, 0.29) is 16.2 Å². The van der Waals surface area contributed by atoms with Crippen molar-refractivity contribution in [2.45, 2.75) is 198 Å². The zero-order valence-corrected chi connectivity index (χ0v) is 38.8. The maximum atomic E-state index is 4.97. The molecule has 55 heavy (non-hydrogen) atoms. The topological polar surface area (TPSA) is 77.3 Å². The predicted molar refractivity (Wildman–Crippen MR) is 233 cm³/mol. The Labute approximate surface area is 337 Å². The van der Waals surface area contributed by atoms with E-state index < -0.39 is 0 Å². The van der Waals surface area contributed by atoms with E-state index in [0.717, 1.165) is 48.3 Å². The number of allylic oxidation sites excluding steroid dienone is 1. The van der Waals surface area contributed by atoms with Gasteiger partial charge in [-0.15, -0.1) is 0 Å². The van der Waals surface area contributed by atoms with E-state index in [2.05, 4.69) is 156 Å². The Morgan fingerprint density at radius 2 is 0.964 bits per heavy atom. The highest BCUT2D eigenvalue weighted by Crippen LogP contribution is 2.48. The summed E-state index contributed by atoms with van der Waals surface area (Å²) in [4.78, 5) is 28.9. The van der Waals surface area contributed by atoms with Crippen LogP contribution in [0.2, 0.25) is 0 Å². The van der Waals surface area contributed by atoms with Crippen LogP contribution in [-0.4, -0.2) is 29.9 Å². The van der Waals surface area contributed by atoms with Crippen LogP contribution in [0.5, 0.6) is 0 Å². The monoisotopic (exact) mass is 751 g/mol. The van der Waals surface area contributed by atoms with Gasteiger partial charge in [-0.25, -0.2) is 29.9 Å². The summed E-state index contributed by atoms with van der Waals surface area (Å²) in [6.45, 7) is 45.1. The Kier molecular flexibility index (Phi) is 13.7. The molecule has 3 aliphatic carbocycles. The van der Waals surface area contributed by atoms with Crippen LogP contribution in [0.3, 0.4) is 0 Å². The van der Waals surface area contributed by atoms with E-state index >= 15 is 0 Å². The smallest absolute Gasteiger partial charge is 0.131 e. The third-order valence-corrected chi connectivity index (χ3v) is 14.2. The lowest BCUT2D eigenvalue weighted by molar-refractivity contribution is 0.237. The third-order valence-electron chi connectivity index (χ3n) is 14.2. The zero-order chi connectivity index (χ0) is 41.5. The highest BCUT2D eigenvalue weighted by Gasteiger charge is 2.45. The SMILES string of the molecule is Cc1nc(C(C)C)nc2c1C=CCC2(C)C(C)C.Cc1nc(C(C)C)nc2c1CC(C)C2(C)C(C)C.Cc1nc(C(C)C)nc2c1CC(C)CC2(C)C(C)C. The van der Waals surface area contributed by atoms with Gasteiger partial charge in [0.05, 0.1) is 17.1 Å². The fraction of sp³-hybridized carbons (Fsp3) is 0.714. The molecule has 6 heteroatoms. The molecular formula is C49H78N6. The lowest BCUT2D eigenvalue weighted by Crippen LogP contribution is -2.38. The molecule has 3 aromatic heterocycles. The number of aryl methyl sites for hydroxylation is 3. The Hall–Kier alpha value is -3.02. The molecule has 6 nitrogen and oxygen atoms in total. The summed E-state index contributed by atoms with van der Waals surface area (Å²) in [6, 6.07) is 0. The molecule has 0 N–H and O–H groups in total. The van der Waals surface area contributed by atoms with Gasteiger partial charge in [0.25, 0.3) is 0 Å². The van der Waals surface area contributed by atoms with Crippen LogP contribution in [0.15, 0.2) is 6.08 Å². The first-order valence-electron chi connectivity index (χ1n) is 21.7. The van der Waals surface area contributed by atoms with Crippen LogP contribution in [0.25, 0.3) is 6.08 Å². The number of nitrogens with zero attached hydrogens (tertiary/aromatic N) is 6. The Bertz CT molecular complexity index is 1850. The van der Waals surface area contributed by atoms with Crippen LogP contribution >= 0.6 is 0 Å². The molecule has 0 amide bonds. The second-order valence-corrected chi connectivity index (χ2v) is 20.2. The van der Waals surface area contributed by atoms with Gasteiger partial charge in [0, 0.05) is 56.6 Å². The summed E-state index contributed by atoms with van der Waals surface area (Å²) >= 11 is 0. The van der Waals surface area contributed by atoms with Gasteiger partial charge in [-0.1, -0.05) is 130 Å². The van der Waals surface area contributed by atoms with Crippen molar-refractivity contribution in [1.29, 1.82) is 0 Å². The molecule has 0 aliphatic heterocycles. The largest absolute Gasteiger partial charge is 0.238 e. The van der Waals surface area contributed by atoms with E-state index in [4.69, 9.17) is 24.9 Å². The second kappa shape index (κ2) is 16.8. The van der Waals surface area contributed by atoms with Crippen molar-refractivity contribution >= 4 is 6.08 Å². The Morgan fingerprint density at radius 3 is 1.42 bits per heavy atom. The molecule has 304 valence electrons. The summed E-state index contributed by atoms with van der Waals surface area (Å²) in [7, 11) is 0. The lowest BCUT2D eigenvalue weighted by atomic mass is 9.64. The summed E-state index contributed by atoms with van der Waals surface area (Å²) in [6.07, 6.45) is 9.06. The molecule has 5 unspecified atom stereocenters. The average molecular weight is 751 g/mol. The standard InChI is InChI=1S/C17H28N2.C16H26N2.C16H24N2/c1-10(2)16-18-13(6)14-8-12(5)9-17(7,11(3)4)15(14)19-16;1-9(2)15-17-12(6)13-8-11(5)16(7,10(3)4)14(13)18-15;1-10(2)15-17-12(5)13-8-7-9-16(6,11(3)4)14(13)18-15/h10-12H,8-9H2,1-7H3;9-11H,8H2,1-7H3;7-8,10-11H,9H2,1-6H3. The van der Waals surface area contributed by atoms with E-state index in [1.54, 1.807) is 0 Å². The van der Waals surface area contributed by atoms with Crippen molar-refractivity contribution in [1.82, 2.24) is 29.9 Å². The molecule has 0 bridgehead atoms.